The SMILES string of the molecule is CC[C@H](C)N(C(=O)COC(=O)c1ccc(NC(C)=O)cc1)[C@@H]1CCS(=O)(=O)C1. The van der Waals surface area contributed by atoms with Gasteiger partial charge in [0.15, 0.2) is 16.4 Å². The summed E-state index contributed by atoms with van der Waals surface area (Å²) in [6, 6.07) is 5.58. The number of ether oxygens (including phenoxy) is 1. The Bertz CT molecular complexity index is 834. The van der Waals surface area contributed by atoms with Crippen LogP contribution in [0.3, 0.4) is 0 Å². The normalized spacial score (nSPS) is 18.9. The van der Waals surface area contributed by atoms with Crippen LogP contribution in [0, 0.1) is 0 Å². The summed E-state index contributed by atoms with van der Waals surface area (Å²) in [5.41, 5.74) is 0.797. The van der Waals surface area contributed by atoms with Gasteiger partial charge in [-0.15, -0.1) is 0 Å². The molecule has 1 saturated heterocycles. The van der Waals surface area contributed by atoms with Crippen molar-refractivity contribution in [3.05, 3.63) is 29.8 Å². The molecule has 2 rings (SSSR count). The first-order valence-corrected chi connectivity index (χ1v) is 11.0. The molecule has 2 amide bonds. The smallest absolute Gasteiger partial charge is 0.338 e. The minimum Gasteiger partial charge on any atom is -0.452 e. The van der Waals surface area contributed by atoms with Crippen LogP contribution in [0.5, 0.6) is 0 Å². The molecular weight excluding hydrogens is 384 g/mol. The number of carbonyl (C=O) groups excluding carboxylic acids is 3. The van der Waals surface area contributed by atoms with Gasteiger partial charge in [-0.2, -0.15) is 0 Å². The molecular formula is C19H26N2O6S. The second-order valence-corrected chi connectivity index (χ2v) is 9.18. The Kier molecular flexibility index (Phi) is 7.17. The summed E-state index contributed by atoms with van der Waals surface area (Å²) in [6.07, 6.45) is 1.07. The van der Waals surface area contributed by atoms with Crippen LogP contribution in [0.4, 0.5) is 5.69 Å². The fraction of sp³-hybridized carbons (Fsp3) is 0.526. The second-order valence-electron chi connectivity index (χ2n) is 6.95. The van der Waals surface area contributed by atoms with Gasteiger partial charge in [0.2, 0.25) is 5.91 Å². The lowest BCUT2D eigenvalue weighted by molar-refractivity contribution is -0.138. The molecule has 0 unspecified atom stereocenters. The molecule has 0 bridgehead atoms. The van der Waals surface area contributed by atoms with Gasteiger partial charge in [-0.05, 0) is 44.0 Å². The highest BCUT2D eigenvalue weighted by Crippen LogP contribution is 2.21. The minimum atomic E-state index is -3.13. The van der Waals surface area contributed by atoms with E-state index in [2.05, 4.69) is 5.32 Å². The summed E-state index contributed by atoms with van der Waals surface area (Å²) >= 11 is 0. The first-order chi connectivity index (χ1) is 13.1. The van der Waals surface area contributed by atoms with Crippen molar-refractivity contribution in [3.8, 4) is 0 Å². The van der Waals surface area contributed by atoms with Crippen molar-refractivity contribution in [1.29, 1.82) is 0 Å². The number of rotatable bonds is 7. The Morgan fingerprint density at radius 1 is 1.25 bits per heavy atom. The van der Waals surface area contributed by atoms with Crippen molar-refractivity contribution in [2.45, 2.75) is 45.7 Å². The highest BCUT2D eigenvalue weighted by Gasteiger charge is 2.36. The van der Waals surface area contributed by atoms with Crippen LogP contribution in [-0.4, -0.2) is 61.3 Å². The Balaban J connectivity index is 1.99. The second kappa shape index (κ2) is 9.18. The maximum atomic E-state index is 12.7. The summed E-state index contributed by atoms with van der Waals surface area (Å²) in [7, 11) is -3.13. The predicted octanol–water partition coefficient (Wildman–Crippen LogP) is 1.62. The molecule has 0 spiro atoms. The molecule has 9 heteroatoms. The Morgan fingerprint density at radius 2 is 1.89 bits per heavy atom. The minimum absolute atomic E-state index is 0.0539. The van der Waals surface area contributed by atoms with Gasteiger partial charge in [-0.25, -0.2) is 13.2 Å². The number of carbonyl (C=O) groups is 3. The summed E-state index contributed by atoms with van der Waals surface area (Å²) in [5, 5.41) is 2.59. The number of sulfone groups is 1. The topological polar surface area (TPSA) is 110 Å². The zero-order chi connectivity index (χ0) is 20.9. The van der Waals surface area contributed by atoms with Crippen molar-refractivity contribution < 1.29 is 27.5 Å². The largest absolute Gasteiger partial charge is 0.452 e. The lowest BCUT2D eigenvalue weighted by Crippen LogP contribution is -2.48. The Hall–Kier alpha value is -2.42. The van der Waals surface area contributed by atoms with Gasteiger partial charge in [0.25, 0.3) is 5.91 Å². The standard InChI is InChI=1S/C19H26N2O6S/c1-4-13(2)21(17-9-10-28(25,26)12-17)18(23)11-27-19(24)15-5-7-16(8-6-15)20-14(3)22/h5-8,13,17H,4,9-12H2,1-3H3,(H,20,22)/t13-,17+/m0/s1. The van der Waals surface area contributed by atoms with E-state index in [-0.39, 0.29) is 35.1 Å². The number of nitrogens with zero attached hydrogens (tertiary/aromatic N) is 1. The van der Waals surface area contributed by atoms with Gasteiger partial charge < -0.3 is 15.0 Å². The van der Waals surface area contributed by atoms with Gasteiger partial charge in [0.05, 0.1) is 17.1 Å². The number of benzene rings is 1. The molecule has 1 aromatic carbocycles. The molecule has 154 valence electrons. The third-order valence-corrected chi connectivity index (χ3v) is 6.47. The Labute approximate surface area is 165 Å². The summed E-state index contributed by atoms with van der Waals surface area (Å²) in [6.45, 7) is 4.70. The van der Waals surface area contributed by atoms with E-state index in [1.54, 1.807) is 12.1 Å². The van der Waals surface area contributed by atoms with Crippen LogP contribution < -0.4 is 5.32 Å². The van der Waals surface area contributed by atoms with E-state index in [0.717, 1.165) is 0 Å². The van der Waals surface area contributed by atoms with Crippen molar-refractivity contribution in [1.82, 2.24) is 4.90 Å². The molecule has 0 aromatic heterocycles. The van der Waals surface area contributed by atoms with E-state index in [0.29, 0.717) is 18.5 Å². The fourth-order valence-electron chi connectivity index (χ4n) is 3.18. The van der Waals surface area contributed by atoms with Gasteiger partial charge >= 0.3 is 5.97 Å². The zero-order valence-corrected chi connectivity index (χ0v) is 17.1. The van der Waals surface area contributed by atoms with E-state index in [1.165, 1.54) is 24.0 Å². The third-order valence-electron chi connectivity index (χ3n) is 4.72. The van der Waals surface area contributed by atoms with E-state index in [4.69, 9.17) is 4.74 Å². The maximum Gasteiger partial charge on any atom is 0.338 e. The van der Waals surface area contributed by atoms with Crippen LogP contribution >= 0.6 is 0 Å². The van der Waals surface area contributed by atoms with Gasteiger partial charge in [0, 0.05) is 24.7 Å². The van der Waals surface area contributed by atoms with Crippen LogP contribution in [0.15, 0.2) is 24.3 Å². The van der Waals surface area contributed by atoms with Crippen LogP contribution in [0.1, 0.15) is 44.0 Å². The van der Waals surface area contributed by atoms with E-state index in [1.807, 2.05) is 13.8 Å². The molecule has 1 aliphatic heterocycles. The lowest BCUT2D eigenvalue weighted by Gasteiger charge is -2.33. The Morgan fingerprint density at radius 3 is 2.39 bits per heavy atom. The quantitative estimate of drug-likeness (QED) is 0.684. The van der Waals surface area contributed by atoms with Gasteiger partial charge in [0.1, 0.15) is 0 Å². The third kappa shape index (κ3) is 5.79. The molecule has 1 N–H and O–H groups in total. The average Bonchev–Trinajstić information content (AvgIpc) is 2.99. The molecule has 1 aliphatic rings. The molecule has 0 aliphatic carbocycles. The van der Waals surface area contributed by atoms with E-state index >= 15 is 0 Å². The van der Waals surface area contributed by atoms with Crippen molar-refractivity contribution in [2.75, 3.05) is 23.4 Å². The van der Waals surface area contributed by atoms with Crippen LogP contribution in [-0.2, 0) is 24.2 Å². The van der Waals surface area contributed by atoms with Crippen molar-refractivity contribution in [3.63, 3.8) is 0 Å². The first-order valence-electron chi connectivity index (χ1n) is 9.19. The van der Waals surface area contributed by atoms with Gasteiger partial charge in [-0.1, -0.05) is 6.92 Å². The maximum absolute atomic E-state index is 12.7. The van der Waals surface area contributed by atoms with E-state index < -0.39 is 28.3 Å². The highest BCUT2D eigenvalue weighted by molar-refractivity contribution is 7.91. The zero-order valence-electron chi connectivity index (χ0n) is 16.3. The number of hydrogen-bond acceptors (Lipinski definition) is 6. The summed E-state index contributed by atoms with van der Waals surface area (Å²) in [4.78, 5) is 37.4. The lowest BCUT2D eigenvalue weighted by atomic mass is 10.1. The van der Waals surface area contributed by atoms with E-state index in [9.17, 15) is 22.8 Å². The number of amides is 2. The molecule has 8 nitrogen and oxygen atoms in total. The molecule has 0 radical (unpaired) electrons. The summed E-state index contributed by atoms with van der Waals surface area (Å²) in [5.74, 6) is -1.27. The molecule has 28 heavy (non-hydrogen) atoms. The highest BCUT2D eigenvalue weighted by atomic mass is 32.2. The number of hydrogen-bond donors (Lipinski definition) is 1. The molecule has 0 saturated carbocycles. The fourth-order valence-corrected chi connectivity index (χ4v) is 4.89. The first kappa shape index (κ1) is 21.9. The monoisotopic (exact) mass is 410 g/mol. The molecule has 2 atom stereocenters. The summed E-state index contributed by atoms with van der Waals surface area (Å²) < 4.78 is 28.7. The van der Waals surface area contributed by atoms with Crippen LogP contribution in [0.2, 0.25) is 0 Å². The number of esters is 1. The van der Waals surface area contributed by atoms with Crippen molar-refractivity contribution in [2.24, 2.45) is 0 Å². The van der Waals surface area contributed by atoms with Crippen LogP contribution in [0.25, 0.3) is 0 Å². The van der Waals surface area contributed by atoms with Crippen molar-refractivity contribution >= 4 is 33.3 Å². The number of anilines is 1. The predicted molar refractivity (Wildman–Crippen MR) is 105 cm³/mol. The number of nitrogens with one attached hydrogen (secondary N) is 1. The van der Waals surface area contributed by atoms with Gasteiger partial charge in [-0.3, -0.25) is 9.59 Å². The molecule has 1 fully saturated rings. The molecule has 1 aromatic rings. The molecule has 1 heterocycles. The average molecular weight is 410 g/mol.